The predicted molar refractivity (Wildman–Crippen MR) is 81.1 cm³/mol. The van der Waals surface area contributed by atoms with E-state index in [4.69, 9.17) is 0 Å². The fourth-order valence-corrected chi connectivity index (χ4v) is 4.20. The summed E-state index contributed by atoms with van der Waals surface area (Å²) < 4.78 is 14.4. The van der Waals surface area contributed by atoms with Gasteiger partial charge in [-0.15, -0.1) is 0 Å². The molecule has 19 heavy (non-hydrogen) atoms. The molecular formula is C16H21BrFN. The molecule has 1 heterocycles. The number of hydrogen-bond donors (Lipinski definition) is 1. The lowest BCUT2D eigenvalue weighted by Crippen LogP contribution is -2.09. The van der Waals surface area contributed by atoms with Gasteiger partial charge >= 0.3 is 0 Å². The van der Waals surface area contributed by atoms with Gasteiger partial charge < -0.3 is 5.32 Å². The smallest absolute Gasteiger partial charge is 0.124 e. The van der Waals surface area contributed by atoms with Gasteiger partial charge in [-0.3, -0.25) is 0 Å². The Kier molecular flexibility index (Phi) is 4.11. The van der Waals surface area contributed by atoms with Gasteiger partial charge in [-0.05, 0) is 52.4 Å². The Labute approximate surface area is 123 Å². The molecule has 1 nitrogen and oxygen atoms in total. The zero-order valence-electron chi connectivity index (χ0n) is 11.2. The Morgan fingerprint density at radius 2 is 1.95 bits per heavy atom. The van der Waals surface area contributed by atoms with Crippen LogP contribution in [-0.2, 0) is 0 Å². The highest BCUT2D eigenvalue weighted by molar-refractivity contribution is 9.10. The van der Waals surface area contributed by atoms with Crippen LogP contribution in [0.1, 0.15) is 56.4 Å². The number of halogens is 2. The van der Waals surface area contributed by atoms with Crippen molar-refractivity contribution in [3.63, 3.8) is 0 Å². The fraction of sp³-hybridized carbons (Fsp3) is 0.625. The minimum absolute atomic E-state index is 0.128. The Morgan fingerprint density at radius 3 is 2.74 bits per heavy atom. The molecule has 1 saturated carbocycles. The van der Waals surface area contributed by atoms with Crippen molar-refractivity contribution >= 4 is 21.6 Å². The lowest BCUT2D eigenvalue weighted by Gasteiger charge is -2.22. The molecule has 1 aromatic carbocycles. The van der Waals surface area contributed by atoms with Gasteiger partial charge in [0.2, 0.25) is 0 Å². The first-order valence-electron chi connectivity index (χ1n) is 7.47. The number of anilines is 1. The Bertz CT molecular complexity index is 454. The van der Waals surface area contributed by atoms with Crippen LogP contribution < -0.4 is 5.32 Å². The quantitative estimate of drug-likeness (QED) is 0.778. The van der Waals surface area contributed by atoms with Gasteiger partial charge in [0, 0.05) is 16.9 Å². The van der Waals surface area contributed by atoms with E-state index in [0.717, 1.165) is 22.6 Å². The first kappa shape index (κ1) is 13.4. The highest BCUT2D eigenvalue weighted by Crippen LogP contribution is 2.41. The Balaban J connectivity index is 1.65. The lowest BCUT2D eigenvalue weighted by atomic mass is 9.83. The molecule has 1 fully saturated rings. The standard InChI is InChI=1S/C16H21BrFN/c17-15-9-13(18)8-14-12(10-19-16(14)15)7-6-11-4-2-1-3-5-11/h8-9,11-12,19H,1-7,10H2. The van der Waals surface area contributed by atoms with Crippen molar-refractivity contribution in [2.75, 3.05) is 11.9 Å². The van der Waals surface area contributed by atoms with Crippen LogP contribution in [0, 0.1) is 11.7 Å². The van der Waals surface area contributed by atoms with Gasteiger partial charge in [0.25, 0.3) is 0 Å². The third kappa shape index (κ3) is 2.96. The van der Waals surface area contributed by atoms with Crippen molar-refractivity contribution in [2.24, 2.45) is 5.92 Å². The zero-order valence-corrected chi connectivity index (χ0v) is 12.8. The lowest BCUT2D eigenvalue weighted by molar-refractivity contribution is 0.325. The van der Waals surface area contributed by atoms with E-state index in [-0.39, 0.29) is 5.82 Å². The molecule has 0 amide bonds. The van der Waals surface area contributed by atoms with E-state index in [0.29, 0.717) is 5.92 Å². The normalized spacial score (nSPS) is 23.2. The van der Waals surface area contributed by atoms with Crippen LogP contribution in [0.25, 0.3) is 0 Å². The van der Waals surface area contributed by atoms with Gasteiger partial charge in [-0.25, -0.2) is 4.39 Å². The van der Waals surface area contributed by atoms with Gasteiger partial charge in [-0.1, -0.05) is 32.1 Å². The molecule has 1 unspecified atom stereocenters. The highest BCUT2D eigenvalue weighted by Gasteiger charge is 2.26. The largest absolute Gasteiger partial charge is 0.383 e. The first-order valence-corrected chi connectivity index (χ1v) is 8.26. The summed E-state index contributed by atoms with van der Waals surface area (Å²) in [6.45, 7) is 0.962. The summed E-state index contributed by atoms with van der Waals surface area (Å²) >= 11 is 3.45. The molecule has 1 atom stereocenters. The average Bonchev–Trinajstić information content (AvgIpc) is 2.81. The molecular weight excluding hydrogens is 305 g/mol. The zero-order chi connectivity index (χ0) is 13.2. The third-order valence-corrected chi connectivity index (χ3v) is 5.32. The molecule has 0 bridgehead atoms. The summed E-state index contributed by atoms with van der Waals surface area (Å²) in [6, 6.07) is 3.26. The second kappa shape index (κ2) is 5.82. The van der Waals surface area contributed by atoms with Crippen molar-refractivity contribution in [1.29, 1.82) is 0 Å². The molecule has 2 aliphatic rings. The summed E-state index contributed by atoms with van der Waals surface area (Å²) in [5, 5.41) is 3.42. The van der Waals surface area contributed by atoms with Crippen LogP contribution in [0.3, 0.4) is 0 Å². The maximum absolute atomic E-state index is 13.5. The fourth-order valence-electron chi connectivity index (χ4n) is 3.61. The predicted octanol–water partition coefficient (Wildman–Crippen LogP) is 5.46. The van der Waals surface area contributed by atoms with E-state index >= 15 is 0 Å². The van der Waals surface area contributed by atoms with Crippen molar-refractivity contribution < 1.29 is 4.39 Å². The van der Waals surface area contributed by atoms with E-state index in [2.05, 4.69) is 21.2 Å². The molecule has 1 aliphatic heterocycles. The molecule has 3 heteroatoms. The Hall–Kier alpha value is -0.570. The molecule has 0 saturated heterocycles. The second-order valence-electron chi connectivity index (χ2n) is 6.01. The topological polar surface area (TPSA) is 12.0 Å². The molecule has 1 aromatic rings. The monoisotopic (exact) mass is 325 g/mol. The van der Waals surface area contributed by atoms with Gasteiger partial charge in [0.1, 0.15) is 5.82 Å². The van der Waals surface area contributed by atoms with E-state index in [1.165, 1.54) is 50.5 Å². The summed E-state index contributed by atoms with van der Waals surface area (Å²) in [4.78, 5) is 0. The highest BCUT2D eigenvalue weighted by atomic mass is 79.9. The van der Waals surface area contributed by atoms with Crippen molar-refractivity contribution in [2.45, 2.75) is 50.9 Å². The minimum atomic E-state index is -0.128. The molecule has 104 valence electrons. The number of hydrogen-bond acceptors (Lipinski definition) is 1. The summed E-state index contributed by atoms with van der Waals surface area (Å²) in [5.74, 6) is 1.27. The number of benzene rings is 1. The first-order chi connectivity index (χ1) is 9.24. The summed E-state index contributed by atoms with van der Waals surface area (Å²) in [6.07, 6.45) is 9.54. The van der Waals surface area contributed by atoms with Crippen molar-refractivity contribution in [3.8, 4) is 0 Å². The van der Waals surface area contributed by atoms with Crippen LogP contribution in [-0.4, -0.2) is 6.54 Å². The molecule has 0 radical (unpaired) electrons. The number of nitrogens with one attached hydrogen (secondary N) is 1. The summed E-state index contributed by atoms with van der Waals surface area (Å²) in [5.41, 5.74) is 2.28. The van der Waals surface area contributed by atoms with Crippen LogP contribution >= 0.6 is 15.9 Å². The maximum Gasteiger partial charge on any atom is 0.124 e. The Morgan fingerprint density at radius 1 is 1.16 bits per heavy atom. The minimum Gasteiger partial charge on any atom is -0.383 e. The van der Waals surface area contributed by atoms with E-state index in [1.807, 2.05) is 0 Å². The van der Waals surface area contributed by atoms with E-state index in [9.17, 15) is 4.39 Å². The number of rotatable bonds is 3. The SMILES string of the molecule is Fc1cc(Br)c2c(c1)C(CCC1CCCCC1)CN2. The van der Waals surface area contributed by atoms with Gasteiger partial charge in [0.15, 0.2) is 0 Å². The van der Waals surface area contributed by atoms with Crippen molar-refractivity contribution in [3.05, 3.63) is 28.0 Å². The van der Waals surface area contributed by atoms with Crippen LogP contribution in [0.4, 0.5) is 10.1 Å². The van der Waals surface area contributed by atoms with Crippen LogP contribution in [0.5, 0.6) is 0 Å². The average molecular weight is 326 g/mol. The number of fused-ring (bicyclic) bond motifs is 1. The van der Waals surface area contributed by atoms with Crippen LogP contribution in [0.2, 0.25) is 0 Å². The van der Waals surface area contributed by atoms with Gasteiger partial charge in [0.05, 0.1) is 5.69 Å². The third-order valence-electron chi connectivity index (χ3n) is 4.70. The van der Waals surface area contributed by atoms with Crippen LogP contribution in [0.15, 0.2) is 16.6 Å². The van der Waals surface area contributed by atoms with E-state index < -0.39 is 0 Å². The molecule has 0 aromatic heterocycles. The molecule has 0 spiro atoms. The summed E-state index contributed by atoms with van der Waals surface area (Å²) in [7, 11) is 0. The van der Waals surface area contributed by atoms with E-state index in [1.54, 1.807) is 12.1 Å². The van der Waals surface area contributed by atoms with Crippen molar-refractivity contribution in [1.82, 2.24) is 0 Å². The maximum atomic E-state index is 13.5. The molecule has 1 N–H and O–H groups in total. The van der Waals surface area contributed by atoms with Gasteiger partial charge in [-0.2, -0.15) is 0 Å². The second-order valence-corrected chi connectivity index (χ2v) is 6.87. The molecule has 3 rings (SSSR count). The molecule has 1 aliphatic carbocycles.